The maximum absolute atomic E-state index is 5.82. The molecule has 5 rings (SSSR count). The zero-order chi connectivity index (χ0) is 15.5. The Morgan fingerprint density at radius 3 is 2.04 bits per heavy atom. The fourth-order valence-corrected chi connectivity index (χ4v) is 3.78. The quantitative estimate of drug-likeness (QED) is 0.788. The molecular formula is C20H25N2O+. The monoisotopic (exact) mass is 309 g/mol. The average Bonchev–Trinajstić information content (AvgIpc) is 2.63. The zero-order valence-corrected chi connectivity index (χ0v) is 13.7. The van der Waals surface area contributed by atoms with Crippen molar-refractivity contribution < 1.29 is 9.22 Å². The van der Waals surface area contributed by atoms with Crippen LogP contribution in [0.5, 0.6) is 5.75 Å². The van der Waals surface area contributed by atoms with Gasteiger partial charge in [0.15, 0.2) is 0 Å². The molecule has 0 spiro atoms. The maximum atomic E-state index is 5.82. The van der Waals surface area contributed by atoms with Gasteiger partial charge in [-0.2, -0.15) is 0 Å². The highest BCUT2D eigenvalue weighted by atomic mass is 16.5. The van der Waals surface area contributed by atoms with Gasteiger partial charge in [-0.05, 0) is 17.7 Å². The summed E-state index contributed by atoms with van der Waals surface area (Å²) in [6, 6.07) is 19.0. The van der Waals surface area contributed by atoms with Crippen LogP contribution in [0, 0.1) is 0 Å². The number of fused-ring (bicyclic) bond motifs is 3. The number of quaternary nitrogens is 1. The summed E-state index contributed by atoms with van der Waals surface area (Å²) in [5.74, 6) is 0.932. The lowest BCUT2D eigenvalue weighted by atomic mass is 10.1. The first-order valence-corrected chi connectivity index (χ1v) is 8.65. The Bertz CT molecular complexity index is 617. The molecule has 3 heteroatoms. The van der Waals surface area contributed by atoms with E-state index in [2.05, 4.69) is 29.2 Å². The number of nitrogens with zero attached hydrogens (tertiary/aromatic N) is 2. The van der Waals surface area contributed by atoms with Crippen LogP contribution in [-0.2, 0) is 13.2 Å². The van der Waals surface area contributed by atoms with E-state index in [0.29, 0.717) is 6.61 Å². The lowest BCUT2D eigenvalue weighted by Crippen LogP contribution is -2.66. The molecule has 3 fully saturated rings. The topological polar surface area (TPSA) is 12.5 Å². The highest BCUT2D eigenvalue weighted by Crippen LogP contribution is 2.23. The Hall–Kier alpha value is -1.84. The van der Waals surface area contributed by atoms with Crippen molar-refractivity contribution in [1.29, 1.82) is 0 Å². The number of benzene rings is 2. The summed E-state index contributed by atoms with van der Waals surface area (Å²) < 4.78 is 7.11. The van der Waals surface area contributed by atoms with Gasteiger partial charge in [-0.25, -0.2) is 0 Å². The first-order chi connectivity index (χ1) is 11.3. The number of ether oxygens (including phenoxy) is 1. The van der Waals surface area contributed by atoms with Gasteiger partial charge in [-0.3, -0.25) is 4.90 Å². The highest BCUT2D eigenvalue weighted by Gasteiger charge is 2.38. The first kappa shape index (κ1) is 14.7. The molecule has 3 nitrogen and oxygen atoms in total. The number of piperazine rings is 3. The molecule has 0 atom stereocenters. The number of rotatable bonds is 5. The van der Waals surface area contributed by atoms with E-state index in [1.807, 2.05) is 30.3 Å². The van der Waals surface area contributed by atoms with E-state index in [4.69, 9.17) is 4.74 Å². The third-order valence-corrected chi connectivity index (χ3v) is 5.36. The first-order valence-electron chi connectivity index (χ1n) is 8.65. The predicted molar refractivity (Wildman–Crippen MR) is 92.2 cm³/mol. The molecule has 0 amide bonds. The second kappa shape index (κ2) is 6.34. The number of hydrogen-bond donors (Lipinski definition) is 0. The molecule has 3 heterocycles. The molecule has 2 aromatic rings. The van der Waals surface area contributed by atoms with Gasteiger partial charge in [0.1, 0.15) is 18.9 Å². The van der Waals surface area contributed by atoms with Crippen LogP contribution in [0.25, 0.3) is 0 Å². The summed E-state index contributed by atoms with van der Waals surface area (Å²) in [6.07, 6.45) is 0. The third kappa shape index (κ3) is 3.41. The lowest BCUT2D eigenvalue weighted by Gasteiger charge is -2.50. The van der Waals surface area contributed by atoms with Crippen molar-refractivity contribution >= 4 is 0 Å². The van der Waals surface area contributed by atoms with E-state index in [1.165, 1.54) is 61.4 Å². The van der Waals surface area contributed by atoms with Crippen LogP contribution < -0.4 is 4.74 Å². The SMILES string of the molecule is c1ccc(OCc2ccc(C[N+]34CCN(CC3)CC4)cc2)cc1. The van der Waals surface area contributed by atoms with Crippen LogP contribution in [0.15, 0.2) is 54.6 Å². The number of para-hydroxylation sites is 1. The van der Waals surface area contributed by atoms with Gasteiger partial charge < -0.3 is 9.22 Å². The molecule has 3 aliphatic rings. The molecule has 0 aliphatic carbocycles. The summed E-state index contributed by atoms with van der Waals surface area (Å²) in [7, 11) is 0. The van der Waals surface area contributed by atoms with E-state index >= 15 is 0 Å². The minimum absolute atomic E-state index is 0.638. The van der Waals surface area contributed by atoms with E-state index < -0.39 is 0 Å². The third-order valence-electron chi connectivity index (χ3n) is 5.36. The molecule has 120 valence electrons. The van der Waals surface area contributed by atoms with Crippen molar-refractivity contribution in [2.24, 2.45) is 0 Å². The molecule has 0 unspecified atom stereocenters. The summed E-state index contributed by atoms with van der Waals surface area (Å²) in [5, 5.41) is 0. The van der Waals surface area contributed by atoms with Crippen molar-refractivity contribution in [3.63, 3.8) is 0 Å². The molecular weight excluding hydrogens is 284 g/mol. The van der Waals surface area contributed by atoms with Gasteiger partial charge in [0, 0.05) is 25.2 Å². The minimum Gasteiger partial charge on any atom is -0.489 e. The molecule has 0 saturated carbocycles. The van der Waals surface area contributed by atoms with Crippen LogP contribution in [0.4, 0.5) is 0 Å². The largest absolute Gasteiger partial charge is 0.489 e. The Kier molecular flexibility index (Phi) is 4.06. The van der Waals surface area contributed by atoms with Crippen LogP contribution in [0.3, 0.4) is 0 Å². The van der Waals surface area contributed by atoms with Crippen molar-refractivity contribution in [3.05, 3.63) is 65.7 Å². The van der Waals surface area contributed by atoms with Gasteiger partial charge in [0.2, 0.25) is 0 Å². The summed E-state index contributed by atoms with van der Waals surface area (Å²) in [4.78, 5) is 2.60. The average molecular weight is 309 g/mol. The molecule has 0 N–H and O–H groups in total. The fourth-order valence-electron chi connectivity index (χ4n) is 3.78. The van der Waals surface area contributed by atoms with Gasteiger partial charge in [0.05, 0.1) is 19.6 Å². The zero-order valence-electron chi connectivity index (χ0n) is 13.7. The summed E-state index contributed by atoms with van der Waals surface area (Å²) in [6.45, 7) is 9.62. The van der Waals surface area contributed by atoms with E-state index in [-0.39, 0.29) is 0 Å². The van der Waals surface area contributed by atoms with Crippen LogP contribution in [-0.4, -0.2) is 48.7 Å². The van der Waals surface area contributed by atoms with Crippen LogP contribution in [0.2, 0.25) is 0 Å². The fraction of sp³-hybridized carbons (Fsp3) is 0.400. The normalized spacial score (nSPS) is 26.2. The molecule has 0 aromatic heterocycles. The summed E-state index contributed by atoms with van der Waals surface area (Å²) in [5.41, 5.74) is 2.70. The maximum Gasteiger partial charge on any atom is 0.119 e. The molecule has 0 radical (unpaired) electrons. The van der Waals surface area contributed by atoms with Crippen LogP contribution >= 0.6 is 0 Å². The van der Waals surface area contributed by atoms with Crippen molar-refractivity contribution in [1.82, 2.24) is 4.90 Å². The van der Waals surface area contributed by atoms with Crippen molar-refractivity contribution in [3.8, 4) is 5.75 Å². The molecule has 3 aliphatic heterocycles. The van der Waals surface area contributed by atoms with Gasteiger partial charge in [-0.1, -0.05) is 42.5 Å². The van der Waals surface area contributed by atoms with Crippen molar-refractivity contribution in [2.45, 2.75) is 13.2 Å². The Morgan fingerprint density at radius 1 is 0.783 bits per heavy atom. The summed E-state index contributed by atoms with van der Waals surface area (Å²) >= 11 is 0. The van der Waals surface area contributed by atoms with Gasteiger partial charge in [0.25, 0.3) is 0 Å². The van der Waals surface area contributed by atoms with Gasteiger partial charge in [-0.15, -0.1) is 0 Å². The molecule has 23 heavy (non-hydrogen) atoms. The predicted octanol–water partition coefficient (Wildman–Crippen LogP) is 2.91. The second-order valence-corrected chi connectivity index (χ2v) is 6.93. The van der Waals surface area contributed by atoms with E-state index in [0.717, 1.165) is 5.75 Å². The van der Waals surface area contributed by atoms with Crippen molar-refractivity contribution in [2.75, 3.05) is 39.3 Å². The standard InChI is InChI=1S/C20H25N2O/c1-2-4-20(5-3-1)23-17-19-8-6-18(7-9-19)16-22-13-10-21(11-14-22)12-15-22/h1-9H,10-17H2/q+1. The van der Waals surface area contributed by atoms with Gasteiger partial charge >= 0.3 is 0 Å². The Labute approximate surface area is 138 Å². The highest BCUT2D eigenvalue weighted by molar-refractivity contribution is 5.24. The van der Waals surface area contributed by atoms with E-state index in [9.17, 15) is 0 Å². The smallest absolute Gasteiger partial charge is 0.119 e. The Balaban J connectivity index is 1.36. The van der Waals surface area contributed by atoms with Crippen LogP contribution in [0.1, 0.15) is 11.1 Å². The minimum atomic E-state index is 0.638. The van der Waals surface area contributed by atoms with E-state index in [1.54, 1.807) is 0 Å². The molecule has 2 bridgehead atoms. The molecule has 3 saturated heterocycles. The lowest BCUT2D eigenvalue weighted by molar-refractivity contribution is -0.953. The second-order valence-electron chi connectivity index (χ2n) is 6.93. The number of hydrogen-bond acceptors (Lipinski definition) is 2. The Morgan fingerprint density at radius 2 is 1.39 bits per heavy atom. The molecule has 2 aromatic carbocycles.